The van der Waals surface area contributed by atoms with Crippen LogP contribution in [-0.2, 0) is 6.42 Å². The summed E-state index contributed by atoms with van der Waals surface area (Å²) in [5, 5.41) is 0. The lowest BCUT2D eigenvalue weighted by Gasteiger charge is -2.39. The normalized spacial score (nSPS) is 17.7. The smallest absolute Gasteiger partial charge is 0.166 e. The third kappa shape index (κ3) is 3.47. The minimum atomic E-state index is -0.182. The Bertz CT molecular complexity index is 898. The predicted molar refractivity (Wildman–Crippen MR) is 118 cm³/mol. The van der Waals surface area contributed by atoms with Gasteiger partial charge in [-0.05, 0) is 57.5 Å². The van der Waals surface area contributed by atoms with Gasteiger partial charge in [0.2, 0.25) is 0 Å². The van der Waals surface area contributed by atoms with Gasteiger partial charge in [-0.25, -0.2) is 0 Å². The van der Waals surface area contributed by atoms with Crippen molar-refractivity contribution in [2.75, 3.05) is 50.2 Å². The van der Waals surface area contributed by atoms with Crippen molar-refractivity contribution in [2.45, 2.75) is 39.7 Å². The predicted octanol–water partition coefficient (Wildman–Crippen LogP) is 4.36. The van der Waals surface area contributed by atoms with E-state index in [2.05, 4.69) is 49.6 Å². The number of hydrogen-bond donors (Lipinski definition) is 0. The van der Waals surface area contributed by atoms with E-state index in [-0.39, 0.29) is 5.60 Å². The fourth-order valence-corrected chi connectivity index (χ4v) is 4.77. The van der Waals surface area contributed by atoms with Gasteiger partial charge in [-0.2, -0.15) is 0 Å². The van der Waals surface area contributed by atoms with Crippen LogP contribution in [0.15, 0.2) is 24.3 Å². The first-order valence-electron chi connectivity index (χ1n) is 10.4. The maximum Gasteiger partial charge on any atom is 0.166 e. The van der Waals surface area contributed by atoms with Gasteiger partial charge in [0.25, 0.3) is 0 Å². The molecule has 5 heteroatoms. The summed E-state index contributed by atoms with van der Waals surface area (Å²) in [5.74, 6) is 2.73. The Morgan fingerprint density at radius 1 is 0.862 bits per heavy atom. The number of nitrogens with zero attached hydrogens (tertiary/aromatic N) is 2. The average molecular weight is 397 g/mol. The highest BCUT2D eigenvalue weighted by molar-refractivity contribution is 5.73. The van der Waals surface area contributed by atoms with Crippen LogP contribution in [0.4, 0.5) is 11.4 Å². The third-order valence-corrected chi connectivity index (χ3v) is 6.20. The molecule has 2 heterocycles. The number of anilines is 2. The molecule has 0 amide bonds. The van der Waals surface area contributed by atoms with E-state index >= 15 is 0 Å². The number of fused-ring (bicyclic) bond motifs is 1. The zero-order valence-corrected chi connectivity index (χ0v) is 18.5. The maximum atomic E-state index is 6.25. The van der Waals surface area contributed by atoms with Crippen LogP contribution in [0.1, 0.15) is 30.5 Å². The summed E-state index contributed by atoms with van der Waals surface area (Å²) in [6.07, 6.45) is 0.920. The molecule has 2 aliphatic heterocycles. The van der Waals surface area contributed by atoms with Crippen LogP contribution >= 0.6 is 0 Å². The van der Waals surface area contributed by atoms with Crippen LogP contribution in [0.5, 0.6) is 17.2 Å². The zero-order valence-electron chi connectivity index (χ0n) is 18.5. The van der Waals surface area contributed by atoms with Gasteiger partial charge in [0.1, 0.15) is 11.4 Å². The van der Waals surface area contributed by atoms with Crippen LogP contribution in [0.3, 0.4) is 0 Å². The van der Waals surface area contributed by atoms with Gasteiger partial charge in [0.05, 0.1) is 14.2 Å². The summed E-state index contributed by atoms with van der Waals surface area (Å²) in [7, 11) is 3.45. The first-order valence-corrected chi connectivity index (χ1v) is 10.4. The monoisotopic (exact) mass is 396 g/mol. The summed E-state index contributed by atoms with van der Waals surface area (Å²) >= 11 is 0. The maximum absolute atomic E-state index is 6.25. The van der Waals surface area contributed by atoms with Gasteiger partial charge in [-0.15, -0.1) is 0 Å². The topological polar surface area (TPSA) is 34.2 Å². The molecular weight excluding hydrogens is 364 g/mol. The second kappa shape index (κ2) is 7.36. The van der Waals surface area contributed by atoms with Crippen LogP contribution in [0, 0.1) is 13.8 Å². The number of ether oxygens (including phenoxy) is 3. The van der Waals surface area contributed by atoms with Gasteiger partial charge in [-0.1, -0.05) is 0 Å². The van der Waals surface area contributed by atoms with E-state index < -0.39 is 0 Å². The number of rotatable bonds is 4. The van der Waals surface area contributed by atoms with Crippen molar-refractivity contribution in [2.24, 2.45) is 0 Å². The third-order valence-electron chi connectivity index (χ3n) is 6.20. The molecule has 5 nitrogen and oxygen atoms in total. The molecule has 0 unspecified atom stereocenters. The second-order valence-corrected chi connectivity index (χ2v) is 8.65. The second-order valence-electron chi connectivity index (χ2n) is 8.65. The van der Waals surface area contributed by atoms with E-state index in [0.717, 1.165) is 49.8 Å². The zero-order chi connectivity index (χ0) is 20.8. The SMILES string of the molecule is COc1ccc(N2CCN(c3c(C)c4c(c(OC)c3C)OC(C)(C)C4)CC2)cc1. The Kier molecular flexibility index (Phi) is 5.01. The van der Waals surface area contributed by atoms with Gasteiger partial charge < -0.3 is 24.0 Å². The van der Waals surface area contributed by atoms with Crippen molar-refractivity contribution in [3.8, 4) is 17.2 Å². The molecule has 1 fully saturated rings. The van der Waals surface area contributed by atoms with Crippen molar-refractivity contribution in [1.82, 2.24) is 0 Å². The standard InChI is InChI=1S/C24H32N2O3/c1-16-20-15-24(3,4)29-23(20)22(28-6)17(2)21(16)26-13-11-25(12-14-26)18-7-9-19(27-5)10-8-18/h7-10H,11-15H2,1-6H3. The molecule has 2 aliphatic rings. The summed E-state index contributed by atoms with van der Waals surface area (Å²) in [6.45, 7) is 12.6. The van der Waals surface area contributed by atoms with E-state index in [9.17, 15) is 0 Å². The molecule has 0 N–H and O–H groups in total. The first kappa shape index (κ1) is 19.7. The molecular formula is C24H32N2O3. The molecule has 29 heavy (non-hydrogen) atoms. The highest BCUT2D eigenvalue weighted by Gasteiger charge is 2.37. The van der Waals surface area contributed by atoms with Crippen LogP contribution < -0.4 is 24.0 Å². The molecule has 0 aromatic heterocycles. The first-order chi connectivity index (χ1) is 13.8. The Balaban J connectivity index is 1.59. The van der Waals surface area contributed by atoms with Gasteiger partial charge in [0, 0.05) is 55.1 Å². The Labute approximate surface area is 174 Å². The molecule has 4 rings (SSSR count). The molecule has 0 bridgehead atoms. The Morgan fingerprint density at radius 3 is 2.07 bits per heavy atom. The van der Waals surface area contributed by atoms with Gasteiger partial charge in [-0.3, -0.25) is 0 Å². The molecule has 0 aliphatic carbocycles. The van der Waals surface area contributed by atoms with Crippen molar-refractivity contribution >= 4 is 11.4 Å². The van der Waals surface area contributed by atoms with Crippen LogP contribution in [0.2, 0.25) is 0 Å². The largest absolute Gasteiger partial charge is 0.497 e. The van der Waals surface area contributed by atoms with Crippen LogP contribution in [-0.4, -0.2) is 46.0 Å². The summed E-state index contributed by atoms with van der Waals surface area (Å²) in [6, 6.07) is 8.35. The van der Waals surface area contributed by atoms with E-state index in [0.29, 0.717) is 0 Å². The lowest BCUT2D eigenvalue weighted by Crippen LogP contribution is -2.47. The summed E-state index contributed by atoms with van der Waals surface area (Å²) in [5.41, 5.74) is 6.20. The van der Waals surface area contributed by atoms with Gasteiger partial charge >= 0.3 is 0 Å². The Morgan fingerprint density at radius 2 is 1.48 bits per heavy atom. The number of piperazine rings is 1. The van der Waals surface area contributed by atoms with Crippen molar-refractivity contribution in [3.63, 3.8) is 0 Å². The minimum absolute atomic E-state index is 0.182. The van der Waals surface area contributed by atoms with Gasteiger partial charge in [0.15, 0.2) is 11.5 Å². The lowest BCUT2D eigenvalue weighted by atomic mass is 9.93. The lowest BCUT2D eigenvalue weighted by molar-refractivity contribution is 0.134. The average Bonchev–Trinajstić information content (AvgIpc) is 3.04. The molecule has 0 atom stereocenters. The highest BCUT2D eigenvalue weighted by atomic mass is 16.5. The molecule has 2 aromatic carbocycles. The van der Waals surface area contributed by atoms with E-state index in [4.69, 9.17) is 14.2 Å². The van der Waals surface area contributed by atoms with E-state index in [1.807, 2.05) is 12.1 Å². The molecule has 0 saturated carbocycles. The van der Waals surface area contributed by atoms with Crippen molar-refractivity contribution in [3.05, 3.63) is 41.0 Å². The van der Waals surface area contributed by atoms with E-state index in [1.54, 1.807) is 14.2 Å². The number of methoxy groups -OCH3 is 2. The molecule has 2 aromatic rings. The fourth-order valence-electron chi connectivity index (χ4n) is 4.77. The van der Waals surface area contributed by atoms with Crippen LogP contribution in [0.25, 0.3) is 0 Å². The fraction of sp³-hybridized carbons (Fsp3) is 0.500. The number of hydrogen-bond acceptors (Lipinski definition) is 5. The number of benzene rings is 2. The molecule has 0 radical (unpaired) electrons. The molecule has 0 spiro atoms. The highest BCUT2D eigenvalue weighted by Crippen LogP contribution is 2.49. The molecule has 1 saturated heterocycles. The summed E-state index contributed by atoms with van der Waals surface area (Å²) in [4.78, 5) is 4.95. The Hall–Kier alpha value is -2.56. The van der Waals surface area contributed by atoms with Crippen molar-refractivity contribution in [1.29, 1.82) is 0 Å². The quantitative estimate of drug-likeness (QED) is 0.767. The van der Waals surface area contributed by atoms with E-state index in [1.165, 1.54) is 28.1 Å². The molecule has 156 valence electrons. The summed E-state index contributed by atoms with van der Waals surface area (Å²) < 4.78 is 17.3. The van der Waals surface area contributed by atoms with Crippen molar-refractivity contribution < 1.29 is 14.2 Å². The minimum Gasteiger partial charge on any atom is -0.497 e.